The van der Waals surface area contributed by atoms with Gasteiger partial charge in [-0.15, -0.1) is 0 Å². The van der Waals surface area contributed by atoms with Gasteiger partial charge in [0, 0.05) is 13.1 Å². The van der Waals surface area contributed by atoms with E-state index in [1.165, 1.54) is 0 Å². The largest absolute Gasteiger partial charge is 0.447 e. The maximum atomic E-state index is 11.5. The van der Waals surface area contributed by atoms with Crippen LogP contribution in [0.4, 0.5) is 4.79 Å². The molecule has 0 aliphatic carbocycles. The fraction of sp³-hybridized carbons (Fsp3) is 0.889. The van der Waals surface area contributed by atoms with Gasteiger partial charge in [0.1, 0.15) is 0 Å². The topological polar surface area (TPSA) is 64.8 Å². The first kappa shape index (κ1) is 11.3. The molecule has 0 aromatic heterocycles. The number of carbonyl (C=O) groups excluding carboxylic acids is 1. The number of ether oxygens (including phenoxy) is 2. The summed E-state index contributed by atoms with van der Waals surface area (Å²) in [5.74, 6) is 0. The molecule has 1 aliphatic rings. The molecule has 0 saturated carbocycles. The van der Waals surface area contributed by atoms with Crippen LogP contribution in [0, 0.1) is 0 Å². The number of hydrogen-bond acceptors (Lipinski definition) is 4. The van der Waals surface area contributed by atoms with Crippen molar-refractivity contribution in [3.63, 3.8) is 0 Å². The fourth-order valence-electron chi connectivity index (χ4n) is 1.30. The minimum Gasteiger partial charge on any atom is -0.447 e. The monoisotopic (exact) mass is 202 g/mol. The van der Waals surface area contributed by atoms with Crippen LogP contribution in [0.1, 0.15) is 13.8 Å². The molecule has 1 aliphatic heterocycles. The van der Waals surface area contributed by atoms with Gasteiger partial charge >= 0.3 is 6.09 Å². The van der Waals surface area contributed by atoms with Crippen molar-refractivity contribution in [3.05, 3.63) is 0 Å². The Labute approximate surface area is 84.1 Å². The maximum Gasteiger partial charge on any atom is 0.410 e. The van der Waals surface area contributed by atoms with E-state index in [4.69, 9.17) is 15.2 Å². The molecule has 0 bridgehead atoms. The number of morpholine rings is 1. The Morgan fingerprint density at radius 3 is 3.00 bits per heavy atom. The van der Waals surface area contributed by atoms with Crippen molar-refractivity contribution >= 4 is 6.09 Å². The van der Waals surface area contributed by atoms with Crippen molar-refractivity contribution in [3.8, 4) is 0 Å². The molecule has 2 N–H and O–H groups in total. The van der Waals surface area contributed by atoms with Crippen LogP contribution in [0.2, 0.25) is 0 Å². The fourth-order valence-corrected chi connectivity index (χ4v) is 1.30. The third kappa shape index (κ3) is 3.16. The van der Waals surface area contributed by atoms with Crippen molar-refractivity contribution < 1.29 is 14.3 Å². The van der Waals surface area contributed by atoms with E-state index in [1.54, 1.807) is 4.90 Å². The summed E-state index contributed by atoms with van der Waals surface area (Å²) in [4.78, 5) is 13.1. The molecule has 0 aromatic carbocycles. The Kier molecular flexibility index (Phi) is 4.16. The van der Waals surface area contributed by atoms with E-state index >= 15 is 0 Å². The van der Waals surface area contributed by atoms with E-state index in [-0.39, 0.29) is 18.3 Å². The van der Waals surface area contributed by atoms with Crippen LogP contribution in [0.3, 0.4) is 0 Å². The van der Waals surface area contributed by atoms with Crippen LogP contribution in [-0.4, -0.2) is 49.4 Å². The van der Waals surface area contributed by atoms with Gasteiger partial charge in [0.25, 0.3) is 0 Å². The van der Waals surface area contributed by atoms with Crippen LogP contribution < -0.4 is 5.73 Å². The van der Waals surface area contributed by atoms with Gasteiger partial charge in [0.2, 0.25) is 0 Å². The molecule has 14 heavy (non-hydrogen) atoms. The van der Waals surface area contributed by atoms with E-state index in [0.29, 0.717) is 26.2 Å². The molecule has 1 unspecified atom stereocenters. The van der Waals surface area contributed by atoms with Crippen LogP contribution in [0.25, 0.3) is 0 Å². The number of nitrogens with two attached hydrogens (primary N) is 1. The summed E-state index contributed by atoms with van der Waals surface area (Å²) in [6.45, 7) is 5.75. The maximum absolute atomic E-state index is 11.5. The molecule has 1 rings (SSSR count). The normalized spacial score (nSPS) is 22.6. The second-order valence-corrected chi connectivity index (χ2v) is 3.61. The van der Waals surface area contributed by atoms with E-state index in [0.717, 1.165) is 0 Å². The molecule has 1 amide bonds. The lowest BCUT2D eigenvalue weighted by atomic mass is 10.3. The van der Waals surface area contributed by atoms with Crippen LogP contribution >= 0.6 is 0 Å². The van der Waals surface area contributed by atoms with E-state index in [2.05, 4.69) is 0 Å². The summed E-state index contributed by atoms with van der Waals surface area (Å²) >= 11 is 0. The molecular weight excluding hydrogens is 184 g/mol. The molecule has 1 heterocycles. The highest BCUT2D eigenvalue weighted by atomic mass is 16.6. The second-order valence-electron chi connectivity index (χ2n) is 3.61. The molecule has 0 aromatic rings. The summed E-state index contributed by atoms with van der Waals surface area (Å²) in [7, 11) is 0. The van der Waals surface area contributed by atoms with Gasteiger partial charge in [-0.05, 0) is 13.8 Å². The highest BCUT2D eigenvalue weighted by Crippen LogP contribution is 2.06. The first-order chi connectivity index (χ1) is 6.63. The van der Waals surface area contributed by atoms with Gasteiger partial charge in [0.15, 0.2) is 0 Å². The van der Waals surface area contributed by atoms with Gasteiger partial charge in [0.05, 0.1) is 25.4 Å². The van der Waals surface area contributed by atoms with Crippen LogP contribution in [0.5, 0.6) is 0 Å². The Morgan fingerprint density at radius 2 is 2.43 bits per heavy atom. The van der Waals surface area contributed by atoms with Gasteiger partial charge in [-0.3, -0.25) is 0 Å². The number of hydrogen-bond donors (Lipinski definition) is 1. The average molecular weight is 202 g/mol. The molecule has 0 spiro atoms. The lowest BCUT2D eigenvalue weighted by molar-refractivity contribution is -0.0266. The first-order valence-electron chi connectivity index (χ1n) is 4.90. The van der Waals surface area contributed by atoms with Crippen molar-refractivity contribution in [2.24, 2.45) is 5.73 Å². The van der Waals surface area contributed by atoms with E-state index in [9.17, 15) is 4.79 Å². The smallest absolute Gasteiger partial charge is 0.410 e. The molecule has 1 saturated heterocycles. The second kappa shape index (κ2) is 5.17. The first-order valence-corrected chi connectivity index (χ1v) is 4.90. The van der Waals surface area contributed by atoms with Crippen LogP contribution in [0.15, 0.2) is 0 Å². The van der Waals surface area contributed by atoms with Crippen LogP contribution in [-0.2, 0) is 9.47 Å². The molecule has 82 valence electrons. The zero-order valence-electron chi connectivity index (χ0n) is 8.73. The highest BCUT2D eigenvalue weighted by Gasteiger charge is 2.24. The Hall–Kier alpha value is -0.810. The molecule has 1 atom stereocenters. The predicted molar refractivity (Wildman–Crippen MR) is 52.0 cm³/mol. The van der Waals surface area contributed by atoms with Gasteiger partial charge < -0.3 is 20.1 Å². The Balaban J connectivity index is 2.39. The van der Waals surface area contributed by atoms with Gasteiger partial charge in [-0.1, -0.05) is 0 Å². The molecule has 5 heteroatoms. The predicted octanol–water partition coefficient (Wildman–Crippen LogP) is 0.191. The van der Waals surface area contributed by atoms with Gasteiger partial charge in [-0.2, -0.15) is 0 Å². The SMILES string of the molecule is CC(C)OC(=O)N1CCOC(CN)C1. The summed E-state index contributed by atoms with van der Waals surface area (Å²) in [6, 6.07) is 0. The third-order valence-electron chi connectivity index (χ3n) is 2.00. The summed E-state index contributed by atoms with van der Waals surface area (Å²) in [5, 5.41) is 0. The third-order valence-corrected chi connectivity index (χ3v) is 2.00. The number of rotatable bonds is 2. The van der Waals surface area contributed by atoms with Crippen molar-refractivity contribution in [2.45, 2.75) is 26.1 Å². The van der Waals surface area contributed by atoms with Crippen molar-refractivity contribution in [2.75, 3.05) is 26.2 Å². The van der Waals surface area contributed by atoms with E-state index in [1.807, 2.05) is 13.8 Å². The molecule has 0 radical (unpaired) electrons. The van der Waals surface area contributed by atoms with Crippen molar-refractivity contribution in [1.29, 1.82) is 0 Å². The Bertz CT molecular complexity index is 196. The van der Waals surface area contributed by atoms with Gasteiger partial charge in [-0.25, -0.2) is 4.79 Å². The summed E-state index contributed by atoms with van der Waals surface area (Å²) in [6.07, 6.45) is -0.410. The number of nitrogens with zero attached hydrogens (tertiary/aromatic N) is 1. The zero-order chi connectivity index (χ0) is 10.6. The quantitative estimate of drug-likeness (QED) is 0.694. The molecule has 5 nitrogen and oxygen atoms in total. The number of amides is 1. The standard InChI is InChI=1S/C9H18N2O3/c1-7(2)14-9(12)11-3-4-13-8(5-10)6-11/h7-8H,3-6,10H2,1-2H3. The minimum absolute atomic E-state index is 0.0523. The highest BCUT2D eigenvalue weighted by molar-refractivity contribution is 5.67. The zero-order valence-corrected chi connectivity index (χ0v) is 8.73. The lowest BCUT2D eigenvalue weighted by Crippen LogP contribution is -2.48. The lowest BCUT2D eigenvalue weighted by Gasteiger charge is -2.32. The minimum atomic E-state index is -0.276. The molecule has 1 fully saturated rings. The number of carbonyl (C=O) groups is 1. The summed E-state index contributed by atoms with van der Waals surface area (Å²) in [5.41, 5.74) is 5.46. The van der Waals surface area contributed by atoms with Crippen molar-refractivity contribution in [1.82, 2.24) is 4.90 Å². The average Bonchev–Trinajstić information content (AvgIpc) is 2.17. The molecular formula is C9H18N2O3. The van der Waals surface area contributed by atoms with E-state index < -0.39 is 0 Å². The Morgan fingerprint density at radius 1 is 1.71 bits per heavy atom. The summed E-state index contributed by atoms with van der Waals surface area (Å²) < 4.78 is 10.4.